The summed E-state index contributed by atoms with van der Waals surface area (Å²) in [6.45, 7) is 5.13. The minimum Gasteiger partial charge on any atom is -0.381 e. The molecule has 1 heterocycles. The molecule has 1 fully saturated rings. The van der Waals surface area contributed by atoms with Crippen molar-refractivity contribution in [1.82, 2.24) is 0 Å². The second-order valence-electron chi connectivity index (χ2n) is 4.09. The van der Waals surface area contributed by atoms with E-state index in [4.69, 9.17) is 14.2 Å². The Hall–Kier alpha value is -0.450. The van der Waals surface area contributed by atoms with Crippen molar-refractivity contribution < 1.29 is 19.0 Å². The van der Waals surface area contributed by atoms with E-state index >= 15 is 0 Å². The topological polar surface area (TPSA) is 44.8 Å². The molecule has 0 radical (unpaired) electrons. The smallest absolute Gasteiger partial charge is 0.190 e. The zero-order chi connectivity index (χ0) is 11.3. The van der Waals surface area contributed by atoms with Gasteiger partial charge in [-0.2, -0.15) is 0 Å². The Kier molecular flexibility index (Phi) is 4.70. The predicted octanol–water partition coefficient (Wildman–Crippen LogP) is 1.18. The van der Waals surface area contributed by atoms with Crippen LogP contribution in [0.3, 0.4) is 0 Å². The molecule has 15 heavy (non-hydrogen) atoms. The molecular formula is C11H20O4. The summed E-state index contributed by atoms with van der Waals surface area (Å²) in [5.41, 5.74) is -0.673. The van der Waals surface area contributed by atoms with Crippen LogP contribution in [0, 0.1) is 0 Å². The number of hydrogen-bond acceptors (Lipinski definition) is 4. The van der Waals surface area contributed by atoms with Gasteiger partial charge in [-0.15, -0.1) is 0 Å². The first-order valence-corrected chi connectivity index (χ1v) is 5.38. The van der Waals surface area contributed by atoms with E-state index in [-0.39, 0.29) is 18.5 Å². The second kappa shape index (κ2) is 5.58. The molecule has 1 rings (SSSR count). The zero-order valence-corrected chi connectivity index (χ0v) is 9.75. The molecule has 1 aliphatic rings. The number of hydrogen-bond donors (Lipinski definition) is 0. The molecule has 1 saturated heterocycles. The van der Waals surface area contributed by atoms with Crippen LogP contribution in [0.15, 0.2) is 0 Å². The Bertz CT molecular complexity index is 207. The number of ether oxygens (including phenoxy) is 3. The number of ketones is 1. The molecule has 88 valence electrons. The van der Waals surface area contributed by atoms with Gasteiger partial charge in [-0.25, -0.2) is 0 Å². The first-order chi connectivity index (χ1) is 7.10. The van der Waals surface area contributed by atoms with Gasteiger partial charge in [-0.05, 0) is 13.8 Å². The van der Waals surface area contributed by atoms with Crippen molar-refractivity contribution in [3.05, 3.63) is 0 Å². The summed E-state index contributed by atoms with van der Waals surface area (Å²) in [5, 5.41) is 0. The van der Waals surface area contributed by atoms with Crippen molar-refractivity contribution in [2.75, 3.05) is 26.9 Å². The SMILES string of the molecule is COC1(C(=O)COC(C)C)CCOCC1. The fourth-order valence-electron chi connectivity index (χ4n) is 1.67. The van der Waals surface area contributed by atoms with Crippen molar-refractivity contribution in [1.29, 1.82) is 0 Å². The van der Waals surface area contributed by atoms with Crippen LogP contribution in [-0.4, -0.2) is 44.4 Å². The van der Waals surface area contributed by atoms with Crippen LogP contribution in [0.25, 0.3) is 0 Å². The summed E-state index contributed by atoms with van der Waals surface area (Å²) >= 11 is 0. The lowest BCUT2D eigenvalue weighted by Crippen LogP contribution is -2.47. The number of rotatable bonds is 5. The molecule has 1 aliphatic heterocycles. The number of Topliss-reactive ketones (excluding diaryl/α,β-unsaturated/α-hetero) is 1. The van der Waals surface area contributed by atoms with Crippen LogP contribution < -0.4 is 0 Å². The Morgan fingerprint density at radius 2 is 2.00 bits per heavy atom. The van der Waals surface area contributed by atoms with Gasteiger partial charge in [0.15, 0.2) is 5.78 Å². The maximum absolute atomic E-state index is 12.0. The first kappa shape index (κ1) is 12.6. The van der Waals surface area contributed by atoms with Gasteiger partial charge in [-0.3, -0.25) is 4.79 Å². The molecule has 0 aromatic rings. The summed E-state index contributed by atoms with van der Waals surface area (Å²) < 4.78 is 15.9. The average Bonchev–Trinajstić information content (AvgIpc) is 2.26. The molecule has 0 aliphatic carbocycles. The van der Waals surface area contributed by atoms with Gasteiger partial charge in [0.05, 0.1) is 6.10 Å². The molecule has 0 saturated carbocycles. The monoisotopic (exact) mass is 216 g/mol. The third kappa shape index (κ3) is 3.26. The quantitative estimate of drug-likeness (QED) is 0.692. The Balaban J connectivity index is 2.52. The summed E-state index contributed by atoms with van der Waals surface area (Å²) in [6, 6.07) is 0. The fourth-order valence-corrected chi connectivity index (χ4v) is 1.67. The Labute approximate surface area is 90.9 Å². The number of carbonyl (C=O) groups is 1. The normalized spacial score (nSPS) is 20.5. The highest BCUT2D eigenvalue weighted by Gasteiger charge is 2.39. The Morgan fingerprint density at radius 3 is 2.47 bits per heavy atom. The third-order valence-corrected chi connectivity index (χ3v) is 2.75. The summed E-state index contributed by atoms with van der Waals surface area (Å²) in [6.07, 6.45) is 1.33. The molecule has 0 atom stereocenters. The van der Waals surface area contributed by atoms with Gasteiger partial charge in [0.25, 0.3) is 0 Å². The maximum Gasteiger partial charge on any atom is 0.190 e. The lowest BCUT2D eigenvalue weighted by molar-refractivity contribution is -0.158. The number of carbonyl (C=O) groups excluding carboxylic acids is 1. The average molecular weight is 216 g/mol. The molecule has 0 bridgehead atoms. The van der Waals surface area contributed by atoms with Gasteiger partial charge in [0, 0.05) is 33.2 Å². The molecule has 0 aromatic carbocycles. The number of methoxy groups -OCH3 is 1. The third-order valence-electron chi connectivity index (χ3n) is 2.75. The minimum atomic E-state index is -0.673. The molecule has 0 amide bonds. The van der Waals surface area contributed by atoms with Gasteiger partial charge in [0.2, 0.25) is 0 Å². The highest BCUT2D eigenvalue weighted by molar-refractivity contribution is 5.88. The lowest BCUT2D eigenvalue weighted by Gasteiger charge is -2.34. The van der Waals surface area contributed by atoms with E-state index in [2.05, 4.69) is 0 Å². The standard InChI is InChI=1S/C11H20O4/c1-9(2)15-8-10(12)11(13-3)4-6-14-7-5-11/h9H,4-8H2,1-3H3. The first-order valence-electron chi connectivity index (χ1n) is 5.38. The zero-order valence-electron chi connectivity index (χ0n) is 9.75. The fraction of sp³-hybridized carbons (Fsp3) is 0.909. The molecule has 0 spiro atoms. The van der Waals surface area contributed by atoms with Crippen LogP contribution in [0.5, 0.6) is 0 Å². The van der Waals surface area contributed by atoms with E-state index in [9.17, 15) is 4.79 Å². The lowest BCUT2D eigenvalue weighted by atomic mass is 9.89. The predicted molar refractivity (Wildman–Crippen MR) is 55.9 cm³/mol. The van der Waals surface area contributed by atoms with Gasteiger partial charge in [0.1, 0.15) is 12.2 Å². The minimum absolute atomic E-state index is 0.0296. The molecule has 0 unspecified atom stereocenters. The molecule has 4 heteroatoms. The van der Waals surface area contributed by atoms with E-state index in [1.54, 1.807) is 7.11 Å². The van der Waals surface area contributed by atoms with Gasteiger partial charge < -0.3 is 14.2 Å². The Morgan fingerprint density at radius 1 is 1.40 bits per heavy atom. The van der Waals surface area contributed by atoms with Crippen molar-refractivity contribution >= 4 is 5.78 Å². The molecular weight excluding hydrogens is 196 g/mol. The van der Waals surface area contributed by atoms with E-state index in [0.717, 1.165) is 0 Å². The van der Waals surface area contributed by atoms with Crippen molar-refractivity contribution in [3.63, 3.8) is 0 Å². The summed E-state index contributed by atoms with van der Waals surface area (Å²) in [4.78, 5) is 12.0. The van der Waals surface area contributed by atoms with Crippen LogP contribution in [0.4, 0.5) is 0 Å². The highest BCUT2D eigenvalue weighted by atomic mass is 16.5. The van der Waals surface area contributed by atoms with Crippen molar-refractivity contribution in [3.8, 4) is 0 Å². The summed E-state index contributed by atoms with van der Waals surface area (Å²) in [5.74, 6) is 0.0296. The second-order valence-corrected chi connectivity index (χ2v) is 4.09. The van der Waals surface area contributed by atoms with Crippen LogP contribution in [-0.2, 0) is 19.0 Å². The van der Waals surface area contributed by atoms with Crippen LogP contribution in [0.1, 0.15) is 26.7 Å². The molecule has 4 nitrogen and oxygen atoms in total. The van der Waals surface area contributed by atoms with Crippen LogP contribution in [0.2, 0.25) is 0 Å². The molecule has 0 aromatic heterocycles. The van der Waals surface area contributed by atoms with Gasteiger partial charge >= 0.3 is 0 Å². The van der Waals surface area contributed by atoms with E-state index in [1.807, 2.05) is 13.8 Å². The van der Waals surface area contributed by atoms with E-state index in [0.29, 0.717) is 26.1 Å². The van der Waals surface area contributed by atoms with Crippen molar-refractivity contribution in [2.24, 2.45) is 0 Å². The van der Waals surface area contributed by atoms with Crippen molar-refractivity contribution in [2.45, 2.75) is 38.4 Å². The van der Waals surface area contributed by atoms with E-state index < -0.39 is 5.60 Å². The largest absolute Gasteiger partial charge is 0.381 e. The highest BCUT2D eigenvalue weighted by Crippen LogP contribution is 2.25. The molecule has 0 N–H and O–H groups in total. The maximum atomic E-state index is 12.0. The summed E-state index contributed by atoms with van der Waals surface area (Å²) in [7, 11) is 1.58. The van der Waals surface area contributed by atoms with Crippen LogP contribution >= 0.6 is 0 Å². The van der Waals surface area contributed by atoms with E-state index in [1.165, 1.54) is 0 Å². The van der Waals surface area contributed by atoms with Gasteiger partial charge in [-0.1, -0.05) is 0 Å².